The van der Waals surface area contributed by atoms with E-state index in [1.165, 1.54) is 0 Å². The predicted molar refractivity (Wildman–Crippen MR) is 107 cm³/mol. The lowest BCUT2D eigenvalue weighted by atomic mass is 9.97. The van der Waals surface area contributed by atoms with Crippen molar-refractivity contribution < 1.29 is 18.3 Å². The van der Waals surface area contributed by atoms with E-state index in [2.05, 4.69) is 31.3 Å². The second-order valence-corrected chi connectivity index (χ2v) is 8.37. The number of rotatable bonds is 3. The monoisotopic (exact) mass is 460 g/mol. The van der Waals surface area contributed by atoms with Gasteiger partial charge in [-0.05, 0) is 45.2 Å². The summed E-state index contributed by atoms with van der Waals surface area (Å²) in [7, 11) is 0. The third kappa shape index (κ3) is 7.69. The fourth-order valence-corrected chi connectivity index (χ4v) is 2.98. The Morgan fingerprint density at radius 3 is 2.54 bits per heavy atom. The molecule has 2 aromatic heterocycles. The van der Waals surface area contributed by atoms with Crippen LogP contribution < -0.4 is 5.32 Å². The number of carbonyl (C=O) groups excluding carboxylic acids is 1. The largest absolute Gasteiger partial charge is 0.444 e. The number of hydrogen-bond acceptors (Lipinski definition) is 4. The molecule has 3 rings (SSSR count). The number of halogens is 3. The average Bonchev–Trinajstić information content (AvgIpc) is 3.01. The number of carbonyl (C=O) groups is 1. The minimum absolute atomic E-state index is 0.118. The highest BCUT2D eigenvalue weighted by Crippen LogP contribution is 2.32. The molecule has 2 aromatic rings. The number of ether oxygens (including phenoxy) is 1. The van der Waals surface area contributed by atoms with E-state index in [0.29, 0.717) is 19.4 Å². The van der Waals surface area contributed by atoms with Gasteiger partial charge >= 0.3 is 6.09 Å². The van der Waals surface area contributed by atoms with Crippen molar-refractivity contribution >= 4 is 27.7 Å². The van der Waals surface area contributed by atoms with Gasteiger partial charge in [-0.25, -0.2) is 23.1 Å². The number of alkyl halides is 3. The molecule has 0 aliphatic heterocycles. The van der Waals surface area contributed by atoms with Crippen LogP contribution in [0, 0.1) is 0 Å². The van der Waals surface area contributed by atoms with Crippen LogP contribution in [-0.2, 0) is 16.6 Å². The van der Waals surface area contributed by atoms with Crippen LogP contribution in [-0.4, -0.2) is 32.2 Å². The van der Waals surface area contributed by atoms with Gasteiger partial charge in [0.2, 0.25) is 5.92 Å². The van der Waals surface area contributed by atoms with E-state index in [4.69, 9.17) is 4.74 Å². The van der Waals surface area contributed by atoms with Gasteiger partial charge in [-0.1, -0.05) is 22.4 Å². The predicted octanol–water partition coefficient (Wildman–Crippen LogP) is 5.23. The van der Waals surface area contributed by atoms with Gasteiger partial charge in [0, 0.05) is 18.2 Å². The van der Waals surface area contributed by atoms with Gasteiger partial charge in [-0.2, -0.15) is 5.10 Å². The van der Waals surface area contributed by atoms with Gasteiger partial charge in [0.15, 0.2) is 5.65 Å². The zero-order chi connectivity index (χ0) is 20.8. The number of fused-ring (bicyclic) bond motifs is 1. The summed E-state index contributed by atoms with van der Waals surface area (Å²) in [6.45, 7) is 5.78. The van der Waals surface area contributed by atoms with Crippen molar-refractivity contribution in [1.29, 1.82) is 0 Å². The Hall–Kier alpha value is -1.77. The number of aromatic nitrogens is 3. The van der Waals surface area contributed by atoms with Crippen molar-refractivity contribution in [2.24, 2.45) is 0 Å². The fraction of sp³-hybridized carbons (Fsp3) is 0.632. The maximum atomic E-state index is 12.2. The molecule has 1 aliphatic carbocycles. The van der Waals surface area contributed by atoms with E-state index in [1.54, 1.807) is 16.9 Å². The Morgan fingerprint density at radius 1 is 1.32 bits per heavy atom. The standard InChI is InChI=1S/C13H17BrN4O2.C6H10F2/c1-13(2,3)20-12(19)15-7-10-8-18-11(17-10)4-9(5-14)6-16-18;7-6(8)4-2-1-3-5-6/h4,6,8H,5,7H2,1-3H3,(H,15,19);1-5H2. The normalized spacial score (nSPS) is 16.2. The number of imidazole rings is 1. The number of nitrogens with one attached hydrogen (secondary N) is 1. The quantitative estimate of drug-likeness (QED) is 0.636. The van der Waals surface area contributed by atoms with E-state index in [9.17, 15) is 13.6 Å². The molecule has 1 fully saturated rings. The van der Waals surface area contributed by atoms with Crippen LogP contribution >= 0.6 is 15.9 Å². The summed E-state index contributed by atoms with van der Waals surface area (Å²) in [5.41, 5.74) is 2.03. The smallest absolute Gasteiger partial charge is 0.407 e. The van der Waals surface area contributed by atoms with E-state index >= 15 is 0 Å². The van der Waals surface area contributed by atoms with Gasteiger partial charge < -0.3 is 10.1 Å². The molecule has 1 saturated carbocycles. The Kier molecular flexibility index (Phi) is 7.74. The van der Waals surface area contributed by atoms with Crippen molar-refractivity contribution in [2.45, 2.75) is 76.3 Å². The molecule has 1 N–H and O–H groups in total. The van der Waals surface area contributed by atoms with Crippen LogP contribution in [0.25, 0.3) is 5.65 Å². The molecule has 0 radical (unpaired) electrons. The lowest BCUT2D eigenvalue weighted by Crippen LogP contribution is -2.32. The van der Waals surface area contributed by atoms with Crippen LogP contribution in [0.4, 0.5) is 13.6 Å². The van der Waals surface area contributed by atoms with Crippen molar-refractivity contribution in [1.82, 2.24) is 19.9 Å². The summed E-state index contributed by atoms with van der Waals surface area (Å²) in [5, 5.41) is 7.64. The van der Waals surface area contributed by atoms with E-state index in [1.807, 2.05) is 26.8 Å². The number of nitrogens with zero attached hydrogens (tertiary/aromatic N) is 3. The average molecular weight is 461 g/mol. The minimum Gasteiger partial charge on any atom is -0.444 e. The van der Waals surface area contributed by atoms with Crippen molar-refractivity contribution in [3.63, 3.8) is 0 Å². The first kappa shape index (κ1) is 22.5. The summed E-state index contributed by atoms with van der Waals surface area (Å²) in [5.74, 6) is -2.32. The van der Waals surface area contributed by atoms with Crippen LogP contribution in [0.1, 0.15) is 64.1 Å². The highest BCUT2D eigenvalue weighted by atomic mass is 79.9. The molecule has 0 unspecified atom stereocenters. The second kappa shape index (κ2) is 9.62. The van der Waals surface area contributed by atoms with Crippen molar-refractivity contribution in [3.8, 4) is 0 Å². The van der Waals surface area contributed by atoms with E-state index in [0.717, 1.165) is 28.7 Å². The Balaban J connectivity index is 0.000000292. The summed E-state index contributed by atoms with van der Waals surface area (Å²) < 4.78 is 31.3. The fourth-order valence-electron chi connectivity index (χ4n) is 2.67. The molecule has 0 saturated heterocycles. The lowest BCUT2D eigenvalue weighted by molar-refractivity contribution is -0.0337. The Morgan fingerprint density at radius 2 is 2.00 bits per heavy atom. The van der Waals surface area contributed by atoms with Crippen LogP contribution in [0.2, 0.25) is 0 Å². The van der Waals surface area contributed by atoms with E-state index in [-0.39, 0.29) is 12.8 Å². The second-order valence-electron chi connectivity index (χ2n) is 7.80. The number of amides is 1. The van der Waals surface area contributed by atoms with Crippen LogP contribution in [0.5, 0.6) is 0 Å². The summed E-state index contributed by atoms with van der Waals surface area (Å²) in [6.07, 6.45) is 5.76. The molecule has 6 nitrogen and oxygen atoms in total. The molecule has 0 aromatic carbocycles. The SMILES string of the molecule is CC(C)(C)OC(=O)NCc1cn2ncc(CBr)cc2n1.FC1(F)CCCCC1. The maximum absolute atomic E-state index is 12.2. The molecule has 9 heteroatoms. The van der Waals surface area contributed by atoms with Crippen LogP contribution in [0.15, 0.2) is 18.5 Å². The first-order valence-electron chi connectivity index (χ1n) is 9.32. The van der Waals surface area contributed by atoms with Crippen molar-refractivity contribution in [2.75, 3.05) is 0 Å². The number of alkyl carbamates (subject to hydrolysis) is 1. The van der Waals surface area contributed by atoms with Gasteiger partial charge in [0.1, 0.15) is 5.60 Å². The molecule has 0 bridgehead atoms. The summed E-state index contributed by atoms with van der Waals surface area (Å²) >= 11 is 3.38. The van der Waals surface area contributed by atoms with Gasteiger partial charge in [0.25, 0.3) is 0 Å². The molecule has 1 aliphatic rings. The van der Waals surface area contributed by atoms with Crippen molar-refractivity contribution in [3.05, 3.63) is 29.7 Å². The highest BCUT2D eigenvalue weighted by Gasteiger charge is 2.30. The maximum Gasteiger partial charge on any atom is 0.407 e. The van der Waals surface area contributed by atoms with E-state index < -0.39 is 17.6 Å². The highest BCUT2D eigenvalue weighted by molar-refractivity contribution is 9.08. The molecular formula is C19H27BrF2N4O2. The molecule has 1 amide bonds. The first-order chi connectivity index (χ1) is 13.1. The minimum atomic E-state index is -2.32. The van der Waals surface area contributed by atoms with Crippen LogP contribution in [0.3, 0.4) is 0 Å². The third-order valence-corrected chi connectivity index (χ3v) is 4.63. The summed E-state index contributed by atoms with van der Waals surface area (Å²) in [6, 6.07) is 1.94. The molecule has 0 spiro atoms. The van der Waals surface area contributed by atoms with Gasteiger partial charge in [-0.15, -0.1) is 0 Å². The molecular weight excluding hydrogens is 434 g/mol. The number of hydrogen-bond donors (Lipinski definition) is 1. The Labute approximate surface area is 172 Å². The van der Waals surface area contributed by atoms with Gasteiger partial charge in [0.05, 0.1) is 24.6 Å². The first-order valence-corrected chi connectivity index (χ1v) is 10.4. The Bertz CT molecular complexity index is 782. The topological polar surface area (TPSA) is 68.5 Å². The molecule has 2 heterocycles. The lowest BCUT2D eigenvalue weighted by Gasteiger charge is -2.20. The zero-order valence-electron chi connectivity index (χ0n) is 16.5. The third-order valence-electron chi connectivity index (χ3n) is 3.98. The summed E-state index contributed by atoms with van der Waals surface area (Å²) in [4.78, 5) is 16.0. The van der Waals surface area contributed by atoms with Gasteiger partial charge in [-0.3, -0.25) is 0 Å². The molecule has 156 valence electrons. The zero-order valence-corrected chi connectivity index (χ0v) is 18.1. The molecule has 28 heavy (non-hydrogen) atoms. The molecule has 0 atom stereocenters.